The largest absolute Gasteiger partial charge is 0.492 e. The van der Waals surface area contributed by atoms with Gasteiger partial charge in [-0.1, -0.05) is 35.9 Å². The number of amides is 2. The van der Waals surface area contributed by atoms with Crippen molar-refractivity contribution < 1.29 is 9.53 Å². The molecular weight excluding hydrogens is 314 g/mol. The van der Waals surface area contributed by atoms with Gasteiger partial charge in [-0.25, -0.2) is 4.79 Å². The van der Waals surface area contributed by atoms with Crippen LogP contribution in [0.1, 0.15) is 5.56 Å². The Balaban J connectivity index is 1.36. The van der Waals surface area contributed by atoms with Crippen molar-refractivity contribution in [2.75, 3.05) is 44.2 Å². The first-order valence-corrected chi connectivity index (χ1v) is 8.74. The molecule has 1 saturated heterocycles. The van der Waals surface area contributed by atoms with E-state index in [1.54, 1.807) is 0 Å². The second-order valence-electron chi connectivity index (χ2n) is 6.20. The van der Waals surface area contributed by atoms with Crippen molar-refractivity contribution in [3.8, 4) is 5.75 Å². The fourth-order valence-electron chi connectivity index (χ4n) is 2.88. The van der Waals surface area contributed by atoms with Crippen LogP contribution in [0.15, 0.2) is 54.6 Å². The number of nitrogens with zero attached hydrogens (tertiary/aromatic N) is 2. The summed E-state index contributed by atoms with van der Waals surface area (Å²) in [5.41, 5.74) is 2.42. The number of nitrogens with one attached hydrogen (secondary N) is 1. The number of rotatable bonds is 5. The highest BCUT2D eigenvalue weighted by atomic mass is 16.5. The first-order chi connectivity index (χ1) is 12.2. The van der Waals surface area contributed by atoms with Crippen LogP contribution < -0.4 is 15.0 Å². The van der Waals surface area contributed by atoms with E-state index in [-0.39, 0.29) is 6.03 Å². The molecule has 2 amide bonds. The zero-order chi connectivity index (χ0) is 17.5. The average molecular weight is 339 g/mol. The highest BCUT2D eigenvalue weighted by Gasteiger charge is 2.20. The molecule has 1 aliphatic heterocycles. The highest BCUT2D eigenvalue weighted by molar-refractivity contribution is 5.74. The second kappa shape index (κ2) is 8.42. The number of anilines is 1. The minimum absolute atomic E-state index is 0.0137. The van der Waals surface area contributed by atoms with E-state index in [1.807, 2.05) is 54.3 Å². The van der Waals surface area contributed by atoms with Crippen molar-refractivity contribution >= 4 is 11.7 Å². The summed E-state index contributed by atoms with van der Waals surface area (Å²) in [6, 6.07) is 18.2. The lowest BCUT2D eigenvalue weighted by Gasteiger charge is -2.36. The number of aryl methyl sites for hydroxylation is 1. The van der Waals surface area contributed by atoms with Crippen molar-refractivity contribution in [2.24, 2.45) is 0 Å². The van der Waals surface area contributed by atoms with E-state index in [0.29, 0.717) is 13.2 Å². The molecule has 1 N–H and O–H groups in total. The summed E-state index contributed by atoms with van der Waals surface area (Å²) in [7, 11) is 0. The van der Waals surface area contributed by atoms with E-state index in [9.17, 15) is 4.79 Å². The van der Waals surface area contributed by atoms with E-state index >= 15 is 0 Å². The SMILES string of the molecule is Cc1ccc(OCCNC(=O)N2CCN(c3ccccc3)CC2)cc1. The van der Waals surface area contributed by atoms with E-state index in [0.717, 1.165) is 31.9 Å². The molecular formula is C20H25N3O2. The Bertz CT molecular complexity index is 665. The lowest BCUT2D eigenvalue weighted by molar-refractivity contribution is 0.191. The van der Waals surface area contributed by atoms with Gasteiger partial charge in [-0.05, 0) is 31.2 Å². The molecule has 2 aromatic rings. The number of hydrogen-bond acceptors (Lipinski definition) is 3. The molecule has 0 radical (unpaired) electrons. The Morgan fingerprint density at radius 1 is 1.00 bits per heavy atom. The maximum absolute atomic E-state index is 12.2. The third-order valence-corrected chi connectivity index (χ3v) is 4.36. The van der Waals surface area contributed by atoms with Gasteiger partial charge in [0.1, 0.15) is 12.4 Å². The van der Waals surface area contributed by atoms with Gasteiger partial charge < -0.3 is 19.9 Å². The van der Waals surface area contributed by atoms with Crippen LogP contribution in [0.4, 0.5) is 10.5 Å². The third kappa shape index (κ3) is 4.89. The minimum atomic E-state index is -0.0137. The molecule has 0 unspecified atom stereocenters. The number of hydrogen-bond donors (Lipinski definition) is 1. The van der Waals surface area contributed by atoms with E-state index < -0.39 is 0 Å². The van der Waals surface area contributed by atoms with Crippen LogP contribution in [0.3, 0.4) is 0 Å². The Kier molecular flexibility index (Phi) is 5.77. The van der Waals surface area contributed by atoms with Crippen molar-refractivity contribution in [1.82, 2.24) is 10.2 Å². The Morgan fingerprint density at radius 3 is 2.36 bits per heavy atom. The van der Waals surface area contributed by atoms with Gasteiger partial charge in [0, 0.05) is 31.9 Å². The van der Waals surface area contributed by atoms with Gasteiger partial charge in [0.25, 0.3) is 0 Å². The predicted octanol–water partition coefficient (Wildman–Crippen LogP) is 2.91. The van der Waals surface area contributed by atoms with Crippen molar-refractivity contribution in [3.63, 3.8) is 0 Å². The maximum atomic E-state index is 12.2. The van der Waals surface area contributed by atoms with Gasteiger partial charge in [-0.3, -0.25) is 0 Å². The van der Waals surface area contributed by atoms with Gasteiger partial charge in [-0.2, -0.15) is 0 Å². The van der Waals surface area contributed by atoms with Crippen LogP contribution in [0.25, 0.3) is 0 Å². The zero-order valence-electron chi connectivity index (χ0n) is 14.6. The summed E-state index contributed by atoms with van der Waals surface area (Å²) in [6.45, 7) is 6.21. The number of carbonyl (C=O) groups is 1. The predicted molar refractivity (Wildman–Crippen MR) is 100 cm³/mol. The molecule has 0 bridgehead atoms. The van der Waals surface area contributed by atoms with Crippen LogP contribution in [0.2, 0.25) is 0 Å². The molecule has 25 heavy (non-hydrogen) atoms. The fourth-order valence-corrected chi connectivity index (χ4v) is 2.88. The smallest absolute Gasteiger partial charge is 0.317 e. The molecule has 5 nitrogen and oxygen atoms in total. The first kappa shape index (κ1) is 17.1. The number of ether oxygens (including phenoxy) is 1. The minimum Gasteiger partial charge on any atom is -0.492 e. The Labute approximate surface area is 149 Å². The van der Waals surface area contributed by atoms with Crippen molar-refractivity contribution in [1.29, 1.82) is 0 Å². The van der Waals surface area contributed by atoms with Crippen molar-refractivity contribution in [2.45, 2.75) is 6.92 Å². The number of para-hydroxylation sites is 1. The Morgan fingerprint density at radius 2 is 1.68 bits per heavy atom. The summed E-state index contributed by atoms with van der Waals surface area (Å²) in [6.07, 6.45) is 0. The monoisotopic (exact) mass is 339 g/mol. The summed E-state index contributed by atoms with van der Waals surface area (Å²) in [4.78, 5) is 16.4. The molecule has 5 heteroatoms. The van der Waals surface area contributed by atoms with Crippen LogP contribution in [0.5, 0.6) is 5.75 Å². The van der Waals surface area contributed by atoms with Gasteiger partial charge in [0.15, 0.2) is 0 Å². The molecule has 0 atom stereocenters. The molecule has 1 aliphatic rings. The summed E-state index contributed by atoms with van der Waals surface area (Å²) in [5, 5.41) is 2.93. The first-order valence-electron chi connectivity index (χ1n) is 8.74. The molecule has 1 fully saturated rings. The van der Waals surface area contributed by atoms with Gasteiger partial charge in [-0.15, -0.1) is 0 Å². The average Bonchev–Trinajstić information content (AvgIpc) is 2.67. The number of carbonyl (C=O) groups excluding carboxylic acids is 1. The normalized spacial score (nSPS) is 14.3. The molecule has 0 aliphatic carbocycles. The van der Waals surface area contributed by atoms with Crippen molar-refractivity contribution in [3.05, 3.63) is 60.2 Å². The maximum Gasteiger partial charge on any atom is 0.317 e. The Hall–Kier alpha value is -2.69. The third-order valence-electron chi connectivity index (χ3n) is 4.36. The molecule has 0 aromatic heterocycles. The van der Waals surface area contributed by atoms with E-state index in [4.69, 9.17) is 4.74 Å². The zero-order valence-corrected chi connectivity index (χ0v) is 14.6. The molecule has 132 valence electrons. The number of piperazine rings is 1. The fraction of sp³-hybridized carbons (Fsp3) is 0.350. The van der Waals surface area contributed by atoms with Crippen LogP contribution >= 0.6 is 0 Å². The molecule has 0 saturated carbocycles. The number of urea groups is 1. The lowest BCUT2D eigenvalue weighted by Crippen LogP contribution is -2.52. The summed E-state index contributed by atoms with van der Waals surface area (Å²) in [5.74, 6) is 0.830. The second-order valence-corrected chi connectivity index (χ2v) is 6.20. The van der Waals surface area contributed by atoms with Crippen LogP contribution in [-0.4, -0.2) is 50.3 Å². The van der Waals surface area contributed by atoms with Gasteiger partial charge in [0.2, 0.25) is 0 Å². The summed E-state index contributed by atoms with van der Waals surface area (Å²) < 4.78 is 5.63. The van der Waals surface area contributed by atoms with E-state index in [2.05, 4.69) is 22.3 Å². The lowest BCUT2D eigenvalue weighted by atomic mass is 10.2. The van der Waals surface area contributed by atoms with E-state index in [1.165, 1.54) is 11.3 Å². The van der Waals surface area contributed by atoms with Crippen LogP contribution in [0, 0.1) is 6.92 Å². The van der Waals surface area contributed by atoms with Gasteiger partial charge in [0.05, 0.1) is 6.54 Å². The van der Waals surface area contributed by atoms with Gasteiger partial charge >= 0.3 is 6.03 Å². The quantitative estimate of drug-likeness (QED) is 0.852. The molecule has 3 rings (SSSR count). The topological polar surface area (TPSA) is 44.8 Å². The molecule has 2 aromatic carbocycles. The highest BCUT2D eigenvalue weighted by Crippen LogP contribution is 2.15. The van der Waals surface area contributed by atoms with Crippen LogP contribution in [-0.2, 0) is 0 Å². The summed E-state index contributed by atoms with van der Waals surface area (Å²) >= 11 is 0. The molecule has 1 heterocycles. The standard InChI is InChI=1S/C20H25N3O2/c1-17-7-9-19(10-8-17)25-16-11-21-20(24)23-14-12-22(13-15-23)18-5-3-2-4-6-18/h2-10H,11-16H2,1H3,(H,21,24). The number of benzene rings is 2. The molecule has 0 spiro atoms.